The van der Waals surface area contributed by atoms with E-state index in [0.717, 1.165) is 63.8 Å². The van der Waals surface area contributed by atoms with Crippen molar-refractivity contribution in [1.29, 1.82) is 0 Å². The van der Waals surface area contributed by atoms with E-state index >= 15 is 0 Å². The van der Waals surface area contributed by atoms with Crippen LogP contribution in [0.1, 0.15) is 69.4 Å². The summed E-state index contributed by atoms with van der Waals surface area (Å²) in [5.41, 5.74) is 5.20. The minimum absolute atomic E-state index is 0.000255. The number of aromatic nitrogens is 3. The van der Waals surface area contributed by atoms with Crippen LogP contribution in [0.25, 0.3) is 69.5 Å². The zero-order valence-corrected chi connectivity index (χ0v) is 63.1. The molecule has 12 aromatic rings. The predicted molar refractivity (Wildman–Crippen MR) is 410 cm³/mol. The highest BCUT2D eigenvalue weighted by Crippen LogP contribution is 2.41. The van der Waals surface area contributed by atoms with Crippen molar-refractivity contribution in [2.24, 2.45) is 0 Å². The van der Waals surface area contributed by atoms with Crippen molar-refractivity contribution >= 4 is 128 Å². The third-order valence-corrected chi connectivity index (χ3v) is 17.1. The fraction of sp³-hybridized carbons (Fsp3) is 0.175. The number of Topliss-reactive ketones (excluding diaryl/α,β-unsaturated/α-hetero) is 2. The van der Waals surface area contributed by atoms with Gasteiger partial charge in [0.25, 0.3) is 0 Å². The number of nitrogens with zero attached hydrogens (tertiary/aromatic N) is 4. The summed E-state index contributed by atoms with van der Waals surface area (Å²) in [6.45, 7) is 30.0. The topological polar surface area (TPSA) is 177 Å². The third kappa shape index (κ3) is 24.8. The van der Waals surface area contributed by atoms with Crippen LogP contribution in [0.4, 0.5) is 75.4 Å². The number of H-pyrrole nitrogens is 2. The number of para-hydroxylation sites is 1. The molecule has 0 atom stereocenters. The van der Waals surface area contributed by atoms with Gasteiger partial charge in [0.1, 0.15) is 21.8 Å². The average molecular weight is 1700 g/mol. The number of fused-ring (bicyclic) bond motifs is 3. The Hall–Kier alpha value is -10.9. The minimum Gasteiger partial charge on any atom is -0.537 e. The second kappa shape index (κ2) is 37.8. The van der Waals surface area contributed by atoms with Crippen LogP contribution >= 0.6 is 47.8 Å². The Morgan fingerprint density at radius 1 is 0.505 bits per heavy atom. The van der Waals surface area contributed by atoms with E-state index in [1.165, 1.54) is 30.3 Å². The largest absolute Gasteiger partial charge is 0.569 e. The van der Waals surface area contributed by atoms with Gasteiger partial charge >= 0.3 is 32.2 Å². The van der Waals surface area contributed by atoms with Crippen LogP contribution in [0.5, 0.6) is 5.75 Å². The Bertz CT molecular complexity index is 5240. The van der Waals surface area contributed by atoms with Gasteiger partial charge in [-0.25, -0.2) is 27.7 Å². The molecule has 0 aliphatic rings. The molecule has 29 heteroatoms. The number of alkyl halides is 11. The number of halogens is 15. The van der Waals surface area contributed by atoms with E-state index in [-0.39, 0.29) is 58.7 Å². The van der Waals surface area contributed by atoms with Gasteiger partial charge in [0.2, 0.25) is 0 Å². The van der Waals surface area contributed by atoms with Gasteiger partial charge in [0, 0.05) is 81.0 Å². The monoisotopic (exact) mass is 1690 g/mol. The van der Waals surface area contributed by atoms with Crippen LogP contribution in [-0.2, 0) is 51.3 Å². The number of carbonyl (C=O) groups excluding carboxylic acids is 2. The molecular formula is C80H64BBr3F12N7O6. The van der Waals surface area contributed by atoms with Gasteiger partial charge in [0.05, 0.1) is 56.5 Å². The molecule has 0 saturated carbocycles. The highest BCUT2D eigenvalue weighted by atomic mass is 79.9. The van der Waals surface area contributed by atoms with Gasteiger partial charge in [-0.05, 0) is 159 Å². The number of rotatable bonds is 12. The second-order valence-electron chi connectivity index (χ2n) is 24.9. The fourth-order valence-electron chi connectivity index (χ4n) is 9.84. The van der Waals surface area contributed by atoms with E-state index in [1.54, 1.807) is 119 Å². The summed E-state index contributed by atoms with van der Waals surface area (Å²) in [5.74, 6) is -1.54. The summed E-state index contributed by atoms with van der Waals surface area (Å²) in [7, 11) is 0.662. The predicted octanol–water partition coefficient (Wildman–Crippen LogP) is 23.8. The van der Waals surface area contributed by atoms with Crippen molar-refractivity contribution in [2.45, 2.75) is 87.1 Å². The van der Waals surface area contributed by atoms with Crippen LogP contribution in [0.3, 0.4) is 0 Å². The molecule has 12 rings (SSSR count). The zero-order valence-electron chi connectivity index (χ0n) is 58.3. The number of nitrogens with two attached hydrogens (primary N) is 1. The number of carboxylic acid groups (broad SMARTS) is 1. The molecule has 0 fully saturated rings. The summed E-state index contributed by atoms with van der Waals surface area (Å²) >= 11 is 9.22. The van der Waals surface area contributed by atoms with Crippen molar-refractivity contribution in [3.63, 3.8) is 0 Å². The molecule has 0 bridgehead atoms. The molecule has 0 aliphatic carbocycles. The summed E-state index contributed by atoms with van der Waals surface area (Å²) in [5, 5.41) is 18.8. The summed E-state index contributed by atoms with van der Waals surface area (Å²) in [4.78, 5) is 49.6. The van der Waals surface area contributed by atoms with Gasteiger partial charge in [-0.2, -0.15) is 39.5 Å². The molecule has 6 N–H and O–H groups in total. The van der Waals surface area contributed by atoms with E-state index in [1.807, 2.05) is 79.0 Å². The van der Waals surface area contributed by atoms with E-state index in [4.69, 9.17) is 35.6 Å². The molecule has 0 saturated heterocycles. The molecule has 0 unspecified atom stereocenters. The lowest BCUT2D eigenvalue weighted by Crippen LogP contribution is -2.36. The van der Waals surface area contributed by atoms with Gasteiger partial charge in [-0.15, -0.1) is 0 Å². The summed E-state index contributed by atoms with van der Waals surface area (Å²) < 4.78 is 162. The number of anilines is 1. The number of carbonyl (C=O) groups is 3. The number of nitrogen functional groups attached to an aromatic ring is 1. The van der Waals surface area contributed by atoms with Crippen LogP contribution < -0.4 is 10.4 Å². The van der Waals surface area contributed by atoms with Crippen molar-refractivity contribution < 1.29 is 81.9 Å². The molecule has 0 amide bonds. The Balaban J connectivity index is 0.000000212. The van der Waals surface area contributed by atoms with E-state index in [9.17, 15) is 67.1 Å². The first-order valence-electron chi connectivity index (χ1n) is 32.0. The molecule has 563 valence electrons. The Labute approximate surface area is 644 Å². The van der Waals surface area contributed by atoms with Crippen LogP contribution in [0.2, 0.25) is 0 Å². The summed E-state index contributed by atoms with van der Waals surface area (Å²) in [6, 6.07) is 52.5. The Morgan fingerprint density at radius 3 is 1.32 bits per heavy atom. The van der Waals surface area contributed by atoms with E-state index < -0.39 is 72.4 Å². The number of ketones is 2. The third-order valence-electron chi connectivity index (χ3n) is 15.7. The van der Waals surface area contributed by atoms with Gasteiger partial charge in [-0.3, -0.25) is 14.4 Å². The van der Waals surface area contributed by atoms with Crippen LogP contribution in [0, 0.1) is 37.2 Å². The maximum atomic E-state index is 14.8. The maximum Gasteiger partial charge on any atom is 0.569 e. The summed E-state index contributed by atoms with van der Waals surface area (Å²) in [6.07, 6.45) is -8.88. The maximum absolute atomic E-state index is 14.8. The SMILES string of the molecule is CC(C)(Br)C(=O)O.Fc1cc2cc[nH]c2cc1-c1ccccc1.Fc1cc2cc[nH]c2cc1Br.O[B]Oc1ccccc1.[C-]#[N+]c1ccc(CC(=O)C(C)(C)Br)cc1C(F)(F)F.[C-]#[N+]c1ccc(CC(=O)C(C)(C)n2ccc3cc(F)c(-c4ccccc4)cc32)cc1C(F)(F)F.[C-]#[N+]c1ccc(N)cc1C(F)(F)F. The normalized spacial score (nSPS) is 11.3. The number of hydrogen-bond acceptors (Lipinski definition) is 6. The molecule has 13 nitrogen and oxygen atoms in total. The van der Waals surface area contributed by atoms with Gasteiger partial charge in [-0.1, -0.05) is 153 Å². The lowest BCUT2D eigenvalue weighted by Gasteiger charge is -2.27. The second-order valence-corrected chi connectivity index (χ2v) is 29.7. The molecule has 9 aromatic carbocycles. The van der Waals surface area contributed by atoms with Gasteiger partial charge < -0.3 is 35.1 Å². The highest BCUT2D eigenvalue weighted by molar-refractivity contribution is 9.10. The number of hydrogen-bond donors (Lipinski definition) is 5. The van der Waals surface area contributed by atoms with E-state index in [0.29, 0.717) is 45.5 Å². The number of aromatic amines is 2. The molecule has 109 heavy (non-hydrogen) atoms. The quantitative estimate of drug-likeness (QED) is 0.0266. The lowest BCUT2D eigenvalue weighted by atomic mass is 9.92. The van der Waals surface area contributed by atoms with Gasteiger partial charge in [0.15, 0.2) is 28.6 Å². The number of nitrogens with one attached hydrogen (secondary N) is 2. The average Bonchev–Trinajstić information content (AvgIpc) is 1.64. The molecule has 3 heterocycles. The first-order valence-corrected chi connectivity index (χ1v) is 34.4. The fourth-order valence-corrected chi connectivity index (χ4v) is 10.3. The van der Waals surface area contributed by atoms with Crippen LogP contribution in [-0.4, -0.2) is 58.5 Å². The zero-order chi connectivity index (χ0) is 81.0. The minimum atomic E-state index is -4.69. The van der Waals surface area contributed by atoms with E-state index in [2.05, 4.69) is 76.9 Å². The molecule has 1 radical (unpaired) electrons. The Morgan fingerprint density at radius 2 is 0.899 bits per heavy atom. The molecule has 0 aliphatic heterocycles. The molecule has 3 aromatic heterocycles. The molecule has 0 spiro atoms. The number of carboxylic acids is 1. The number of aliphatic carboxylic acids is 1. The highest BCUT2D eigenvalue weighted by Gasteiger charge is 2.37. The smallest absolute Gasteiger partial charge is 0.537 e. The molecular weight excluding hydrogens is 1630 g/mol. The standard InChI is InChI=1S/C27H20F4N2O.C14H10FN.C13H11BrF3NO.C8H5BrFN.C8H5F3N2.C6H6BO2.C4H7BrO2/c1-26(2,25(34)14-17-9-10-23(32-3)21(13-17)27(29,30)31)33-12-11-19-15-22(28)20(16-24(19)33)18-7-5-4-6-8-18;15-13-8-11-6-7-16-14(11)9-12(13)10-4-2-1-3-5-10;1-12(2,14)11(19)7-8-4-5-10(18-3)9(6-8)13(15,16)17;9-6-4-8-5(1-2-11-8)3-7(6)10;1-13-7-3-2-5(12)4-6(7)8(9,10)11;8-7-9-6-4-2-1-3-5-6;1-4(2,5)3(6)7/h4-13,15-16H,14H2,1-2H3;1-9,16H;4-6H,7H2,1-2H3;1-4,11H;2-4H,12H2;1-5,8H;1-2H3,(H,6,7). The van der Waals surface area contributed by atoms with Crippen molar-refractivity contribution in [2.75, 3.05) is 5.73 Å². The first kappa shape index (κ1) is 87.0. The van der Waals surface area contributed by atoms with Crippen molar-refractivity contribution in [3.05, 3.63) is 303 Å². The van der Waals surface area contributed by atoms with Crippen molar-refractivity contribution in [1.82, 2.24) is 14.5 Å². The lowest BCUT2D eigenvalue weighted by molar-refractivity contribution is -0.139. The first-order chi connectivity index (χ1) is 51.0. The van der Waals surface area contributed by atoms with Crippen molar-refractivity contribution in [3.8, 4) is 28.0 Å². The Kier molecular flexibility index (Phi) is 30.2. The van der Waals surface area contributed by atoms with Crippen LogP contribution in [0.15, 0.2) is 223 Å². The number of benzene rings is 9.